The van der Waals surface area contributed by atoms with Gasteiger partial charge in [0.2, 0.25) is 0 Å². The molecule has 0 aromatic carbocycles. The Morgan fingerprint density at radius 3 is 2.95 bits per heavy atom. The number of hydrogen-bond acceptors (Lipinski definition) is 4. The van der Waals surface area contributed by atoms with E-state index in [1.54, 1.807) is 6.20 Å². The van der Waals surface area contributed by atoms with Crippen LogP contribution < -0.4 is 5.32 Å². The van der Waals surface area contributed by atoms with Crippen LogP contribution in [-0.4, -0.2) is 36.6 Å². The van der Waals surface area contributed by atoms with Crippen LogP contribution in [0.1, 0.15) is 36.1 Å². The second-order valence-electron chi connectivity index (χ2n) is 6.22. The smallest absolute Gasteiger partial charge is 0.116 e. The lowest BCUT2D eigenvalue weighted by molar-refractivity contribution is 0.224. The second kappa shape index (κ2) is 6.05. The van der Waals surface area contributed by atoms with E-state index in [1.165, 1.54) is 22.7 Å². The molecule has 116 valence electrons. The van der Waals surface area contributed by atoms with Crippen LogP contribution in [0.15, 0.2) is 18.2 Å². The molecule has 2 aliphatic rings. The highest BCUT2D eigenvalue weighted by Crippen LogP contribution is 2.57. The highest BCUT2D eigenvalue weighted by atomic mass is 32.1. The molecule has 1 N–H and O–H groups in total. The van der Waals surface area contributed by atoms with Crippen LogP contribution >= 0.6 is 11.3 Å². The standard InChI is InChI=1S/C16H24FN3S/c1-3-14-9-19-15(21-14)16(4-5-16)12-8-13(17)11-20(10-12)7-6-18-2/h9,11-12,18H,3-8,10H2,1-2H3. The second-order valence-corrected chi connectivity index (χ2v) is 7.33. The molecule has 1 unspecified atom stereocenters. The number of allylic oxidation sites excluding steroid dienone is 1. The summed E-state index contributed by atoms with van der Waals surface area (Å²) in [4.78, 5) is 8.13. The fourth-order valence-corrected chi connectivity index (χ4v) is 4.48. The normalized spacial score (nSPS) is 24.0. The predicted octanol–water partition coefficient (Wildman–Crippen LogP) is 3.09. The van der Waals surface area contributed by atoms with Crippen molar-refractivity contribution in [3.63, 3.8) is 0 Å². The maximum absolute atomic E-state index is 14.0. The van der Waals surface area contributed by atoms with Crippen LogP contribution in [0.3, 0.4) is 0 Å². The number of hydrogen-bond donors (Lipinski definition) is 1. The maximum Gasteiger partial charge on any atom is 0.116 e. The zero-order valence-electron chi connectivity index (χ0n) is 12.9. The fraction of sp³-hybridized carbons (Fsp3) is 0.688. The molecule has 3 nitrogen and oxygen atoms in total. The average Bonchev–Trinajstić information content (AvgIpc) is 3.16. The van der Waals surface area contributed by atoms with Gasteiger partial charge in [-0.05, 0) is 32.2 Å². The zero-order chi connectivity index (χ0) is 14.9. The maximum atomic E-state index is 14.0. The number of halogens is 1. The lowest BCUT2D eigenvalue weighted by Crippen LogP contribution is -2.38. The quantitative estimate of drug-likeness (QED) is 0.875. The largest absolute Gasteiger partial charge is 0.374 e. The minimum atomic E-state index is 0.0286. The monoisotopic (exact) mass is 309 g/mol. The van der Waals surface area contributed by atoms with E-state index in [1.807, 2.05) is 24.6 Å². The number of aryl methyl sites for hydroxylation is 1. The van der Waals surface area contributed by atoms with Gasteiger partial charge in [-0.25, -0.2) is 9.37 Å². The van der Waals surface area contributed by atoms with Gasteiger partial charge in [0.15, 0.2) is 0 Å². The molecule has 1 aliphatic carbocycles. The van der Waals surface area contributed by atoms with E-state index in [9.17, 15) is 4.39 Å². The van der Waals surface area contributed by atoms with Gasteiger partial charge < -0.3 is 10.2 Å². The van der Waals surface area contributed by atoms with E-state index in [0.29, 0.717) is 12.3 Å². The van der Waals surface area contributed by atoms with Gasteiger partial charge in [-0.15, -0.1) is 11.3 Å². The van der Waals surface area contributed by atoms with Gasteiger partial charge in [-0.2, -0.15) is 0 Å². The van der Waals surface area contributed by atoms with Gasteiger partial charge in [0, 0.05) is 48.7 Å². The molecule has 1 aromatic rings. The summed E-state index contributed by atoms with van der Waals surface area (Å²) in [6.07, 6.45) is 7.66. The molecular formula is C16H24FN3S. The lowest BCUT2D eigenvalue weighted by atomic mass is 9.84. The Morgan fingerprint density at radius 2 is 2.33 bits per heavy atom. The molecule has 5 heteroatoms. The Balaban J connectivity index is 1.75. The van der Waals surface area contributed by atoms with E-state index in [-0.39, 0.29) is 11.2 Å². The van der Waals surface area contributed by atoms with Crippen LogP contribution in [0.25, 0.3) is 0 Å². The van der Waals surface area contributed by atoms with Crippen molar-refractivity contribution >= 4 is 11.3 Å². The molecule has 1 aromatic heterocycles. The molecule has 1 aliphatic heterocycles. The molecule has 1 saturated carbocycles. The number of aromatic nitrogens is 1. The Kier molecular flexibility index (Phi) is 4.31. The summed E-state index contributed by atoms with van der Waals surface area (Å²) < 4.78 is 14.0. The van der Waals surface area contributed by atoms with Gasteiger partial charge >= 0.3 is 0 Å². The Bertz CT molecular complexity index is 521. The summed E-state index contributed by atoms with van der Waals surface area (Å²) in [5.41, 5.74) is 0.154. The molecule has 2 heterocycles. The van der Waals surface area contributed by atoms with Crippen LogP contribution in [0.4, 0.5) is 4.39 Å². The molecule has 1 fully saturated rings. The van der Waals surface area contributed by atoms with Crippen molar-refractivity contribution in [1.29, 1.82) is 0 Å². The first kappa shape index (κ1) is 15.0. The van der Waals surface area contributed by atoms with E-state index < -0.39 is 0 Å². The molecule has 0 saturated heterocycles. The van der Waals surface area contributed by atoms with Crippen molar-refractivity contribution < 1.29 is 4.39 Å². The van der Waals surface area contributed by atoms with Gasteiger partial charge in [0.25, 0.3) is 0 Å². The first-order valence-electron chi connectivity index (χ1n) is 7.88. The first-order chi connectivity index (χ1) is 10.2. The van der Waals surface area contributed by atoms with E-state index in [4.69, 9.17) is 0 Å². The summed E-state index contributed by atoms with van der Waals surface area (Å²) in [6, 6.07) is 0. The highest BCUT2D eigenvalue weighted by Gasteiger charge is 2.53. The SMILES string of the molecule is CCc1cnc(C2(C3CC(F)=CN(CCNC)C3)CC2)s1. The first-order valence-corrected chi connectivity index (χ1v) is 8.69. The molecule has 0 amide bonds. The van der Waals surface area contributed by atoms with Crippen LogP contribution in [0.2, 0.25) is 0 Å². The molecule has 0 bridgehead atoms. The van der Waals surface area contributed by atoms with E-state index in [2.05, 4.69) is 22.1 Å². The number of likely N-dealkylation sites (N-methyl/N-ethyl adjacent to an activating group) is 1. The third-order valence-electron chi connectivity index (χ3n) is 4.77. The average molecular weight is 309 g/mol. The number of nitrogens with zero attached hydrogens (tertiary/aromatic N) is 2. The van der Waals surface area contributed by atoms with Crippen molar-refractivity contribution in [3.05, 3.63) is 28.1 Å². The lowest BCUT2D eigenvalue weighted by Gasteiger charge is -2.34. The summed E-state index contributed by atoms with van der Waals surface area (Å²) in [6.45, 7) is 4.88. The molecule has 21 heavy (non-hydrogen) atoms. The topological polar surface area (TPSA) is 28.2 Å². The Labute approximate surface area is 130 Å². The van der Waals surface area contributed by atoms with Gasteiger partial charge in [-0.3, -0.25) is 0 Å². The highest BCUT2D eigenvalue weighted by molar-refractivity contribution is 7.11. The summed E-state index contributed by atoms with van der Waals surface area (Å²) in [5.74, 6) is 0.399. The van der Waals surface area contributed by atoms with Crippen molar-refractivity contribution in [1.82, 2.24) is 15.2 Å². The Morgan fingerprint density at radius 1 is 1.52 bits per heavy atom. The van der Waals surface area contributed by atoms with Crippen molar-refractivity contribution in [3.8, 4) is 0 Å². The van der Waals surface area contributed by atoms with Gasteiger partial charge in [0.1, 0.15) is 5.83 Å². The number of rotatable bonds is 6. The van der Waals surface area contributed by atoms with Crippen molar-refractivity contribution in [2.24, 2.45) is 5.92 Å². The Hall–Kier alpha value is -0.940. The zero-order valence-corrected chi connectivity index (χ0v) is 13.7. The summed E-state index contributed by atoms with van der Waals surface area (Å²) >= 11 is 1.83. The predicted molar refractivity (Wildman–Crippen MR) is 85.2 cm³/mol. The molecule has 1 atom stereocenters. The number of thiazole rings is 1. The molecular weight excluding hydrogens is 285 g/mol. The van der Waals surface area contributed by atoms with E-state index in [0.717, 1.165) is 26.1 Å². The fourth-order valence-electron chi connectivity index (χ4n) is 3.30. The molecule has 0 radical (unpaired) electrons. The summed E-state index contributed by atoms with van der Waals surface area (Å²) in [5, 5.41) is 4.38. The molecule has 3 rings (SSSR count). The third kappa shape index (κ3) is 2.99. The van der Waals surface area contributed by atoms with Crippen molar-refractivity contribution in [2.75, 3.05) is 26.7 Å². The third-order valence-corrected chi connectivity index (χ3v) is 6.13. The van der Waals surface area contributed by atoms with Crippen LogP contribution in [0, 0.1) is 5.92 Å². The van der Waals surface area contributed by atoms with Crippen molar-refractivity contribution in [2.45, 2.75) is 38.0 Å². The van der Waals surface area contributed by atoms with E-state index >= 15 is 0 Å². The minimum Gasteiger partial charge on any atom is -0.374 e. The summed E-state index contributed by atoms with van der Waals surface area (Å²) in [7, 11) is 1.94. The van der Waals surface area contributed by atoms with Gasteiger partial charge in [0.05, 0.1) is 5.01 Å². The van der Waals surface area contributed by atoms with Gasteiger partial charge in [-0.1, -0.05) is 6.92 Å². The molecule has 0 spiro atoms. The number of nitrogens with one attached hydrogen (secondary N) is 1. The minimum absolute atomic E-state index is 0.0286. The van der Waals surface area contributed by atoms with Crippen LogP contribution in [0.5, 0.6) is 0 Å². The van der Waals surface area contributed by atoms with Crippen LogP contribution in [-0.2, 0) is 11.8 Å².